The molecular formula is C14H19N3O2S. The molecule has 0 spiro atoms. The molecule has 4 N–H and O–H groups in total. The Morgan fingerprint density at radius 3 is 2.75 bits per heavy atom. The number of carbonyl (C=O) groups is 2. The van der Waals surface area contributed by atoms with Gasteiger partial charge < -0.3 is 16.4 Å². The van der Waals surface area contributed by atoms with Crippen LogP contribution in [0.25, 0.3) is 0 Å². The summed E-state index contributed by atoms with van der Waals surface area (Å²) in [5.74, 6) is 0.508. The Morgan fingerprint density at radius 1 is 1.30 bits per heavy atom. The lowest BCUT2D eigenvalue weighted by Crippen LogP contribution is -2.29. The highest BCUT2D eigenvalue weighted by Gasteiger charge is 2.20. The summed E-state index contributed by atoms with van der Waals surface area (Å²) in [5, 5.41) is 6.00. The molecule has 0 atom stereocenters. The van der Waals surface area contributed by atoms with Crippen molar-refractivity contribution in [2.45, 2.75) is 17.7 Å². The van der Waals surface area contributed by atoms with E-state index in [2.05, 4.69) is 10.6 Å². The van der Waals surface area contributed by atoms with E-state index in [9.17, 15) is 9.59 Å². The summed E-state index contributed by atoms with van der Waals surface area (Å²) in [7, 11) is 0. The predicted octanol–water partition coefficient (Wildman–Crippen LogP) is 1.20. The number of carbonyl (C=O) groups excluding carboxylic acids is 2. The van der Waals surface area contributed by atoms with Crippen molar-refractivity contribution in [2.75, 3.05) is 24.2 Å². The van der Waals surface area contributed by atoms with Crippen molar-refractivity contribution in [1.29, 1.82) is 0 Å². The second kappa shape index (κ2) is 7.31. The fourth-order valence-electron chi connectivity index (χ4n) is 1.75. The lowest BCUT2D eigenvalue weighted by atomic mass is 10.3. The molecule has 1 aliphatic carbocycles. The van der Waals surface area contributed by atoms with Crippen molar-refractivity contribution < 1.29 is 9.59 Å². The average Bonchev–Trinajstić information content (AvgIpc) is 3.22. The Balaban J connectivity index is 1.83. The van der Waals surface area contributed by atoms with Gasteiger partial charge in [-0.2, -0.15) is 0 Å². The van der Waals surface area contributed by atoms with Gasteiger partial charge in [-0.1, -0.05) is 12.1 Å². The van der Waals surface area contributed by atoms with Crippen LogP contribution in [0.4, 0.5) is 5.69 Å². The molecule has 0 bridgehead atoms. The van der Waals surface area contributed by atoms with E-state index in [-0.39, 0.29) is 17.6 Å². The van der Waals surface area contributed by atoms with E-state index in [0.29, 0.717) is 6.54 Å². The van der Waals surface area contributed by atoms with Crippen LogP contribution in [0, 0.1) is 5.92 Å². The summed E-state index contributed by atoms with van der Waals surface area (Å²) in [6.07, 6.45) is 2.53. The normalized spacial score (nSPS) is 14.0. The van der Waals surface area contributed by atoms with Crippen molar-refractivity contribution >= 4 is 29.3 Å². The van der Waals surface area contributed by atoms with Gasteiger partial charge in [0.25, 0.3) is 0 Å². The van der Waals surface area contributed by atoms with Gasteiger partial charge in [0, 0.05) is 4.90 Å². The van der Waals surface area contributed by atoms with Gasteiger partial charge in [0.15, 0.2) is 0 Å². The molecule has 20 heavy (non-hydrogen) atoms. The molecule has 1 fully saturated rings. The Bertz CT molecular complexity index is 489. The zero-order valence-electron chi connectivity index (χ0n) is 11.2. The third-order valence-electron chi connectivity index (χ3n) is 2.95. The van der Waals surface area contributed by atoms with E-state index in [1.54, 1.807) is 0 Å². The highest BCUT2D eigenvalue weighted by atomic mass is 32.2. The molecule has 1 aliphatic rings. The number of amides is 2. The molecule has 2 amide bonds. The number of rotatable bonds is 8. The molecule has 108 valence electrons. The second-order valence-electron chi connectivity index (χ2n) is 4.87. The van der Waals surface area contributed by atoms with Crippen LogP contribution in [0.5, 0.6) is 0 Å². The molecule has 0 unspecified atom stereocenters. The van der Waals surface area contributed by atoms with Crippen LogP contribution in [-0.2, 0) is 9.59 Å². The largest absolute Gasteiger partial charge is 0.369 e. The SMILES string of the molecule is NC(=O)CSc1ccccc1NC(=O)CNCC1CC1. The van der Waals surface area contributed by atoms with E-state index in [1.807, 2.05) is 24.3 Å². The van der Waals surface area contributed by atoms with Crippen LogP contribution in [0.1, 0.15) is 12.8 Å². The average molecular weight is 293 g/mol. The molecule has 1 aromatic rings. The van der Waals surface area contributed by atoms with Crippen LogP contribution in [-0.4, -0.2) is 30.7 Å². The topological polar surface area (TPSA) is 84.2 Å². The summed E-state index contributed by atoms with van der Waals surface area (Å²) >= 11 is 1.33. The number of thioether (sulfide) groups is 1. The molecule has 2 rings (SSSR count). The van der Waals surface area contributed by atoms with Gasteiger partial charge in [-0.05, 0) is 37.4 Å². The van der Waals surface area contributed by atoms with Crippen molar-refractivity contribution in [2.24, 2.45) is 11.7 Å². The molecule has 1 aromatic carbocycles. The first kappa shape index (κ1) is 14.9. The number of nitrogens with one attached hydrogen (secondary N) is 2. The van der Waals surface area contributed by atoms with E-state index >= 15 is 0 Å². The number of benzene rings is 1. The van der Waals surface area contributed by atoms with Crippen molar-refractivity contribution in [3.05, 3.63) is 24.3 Å². The third kappa shape index (κ3) is 5.22. The van der Waals surface area contributed by atoms with Crippen molar-refractivity contribution in [1.82, 2.24) is 5.32 Å². The smallest absolute Gasteiger partial charge is 0.238 e. The van der Waals surface area contributed by atoms with E-state index in [0.717, 1.165) is 23.0 Å². The molecule has 6 heteroatoms. The summed E-state index contributed by atoms with van der Waals surface area (Å²) in [6, 6.07) is 7.40. The molecule has 1 saturated carbocycles. The highest BCUT2D eigenvalue weighted by molar-refractivity contribution is 8.00. The van der Waals surface area contributed by atoms with Crippen LogP contribution < -0.4 is 16.4 Å². The van der Waals surface area contributed by atoms with E-state index in [1.165, 1.54) is 24.6 Å². The summed E-state index contributed by atoms with van der Waals surface area (Å²) < 4.78 is 0. The highest BCUT2D eigenvalue weighted by Crippen LogP contribution is 2.28. The van der Waals surface area contributed by atoms with Crippen LogP contribution in [0.2, 0.25) is 0 Å². The molecule has 0 aromatic heterocycles. The molecule has 5 nitrogen and oxygen atoms in total. The third-order valence-corrected chi connectivity index (χ3v) is 4.04. The first-order chi connectivity index (χ1) is 9.65. The zero-order valence-corrected chi connectivity index (χ0v) is 12.0. The zero-order chi connectivity index (χ0) is 14.4. The molecule has 0 saturated heterocycles. The molecule has 0 heterocycles. The van der Waals surface area contributed by atoms with Gasteiger partial charge in [0.1, 0.15) is 0 Å². The molecule has 0 radical (unpaired) electrons. The number of hydrogen-bond donors (Lipinski definition) is 3. The Morgan fingerprint density at radius 2 is 2.05 bits per heavy atom. The maximum Gasteiger partial charge on any atom is 0.238 e. The number of hydrogen-bond acceptors (Lipinski definition) is 4. The quantitative estimate of drug-likeness (QED) is 0.629. The lowest BCUT2D eigenvalue weighted by molar-refractivity contribution is -0.116. The Hall–Kier alpha value is -1.53. The van der Waals surface area contributed by atoms with Crippen LogP contribution in [0.3, 0.4) is 0 Å². The second-order valence-corrected chi connectivity index (χ2v) is 5.89. The first-order valence-corrected chi connectivity index (χ1v) is 7.64. The Labute approximate surface area is 122 Å². The maximum absolute atomic E-state index is 11.8. The minimum Gasteiger partial charge on any atom is -0.369 e. The van der Waals surface area contributed by atoms with Gasteiger partial charge in [0.05, 0.1) is 18.0 Å². The van der Waals surface area contributed by atoms with E-state index < -0.39 is 0 Å². The number of nitrogens with two attached hydrogens (primary N) is 1. The standard InChI is InChI=1S/C14H19N3O2S/c15-13(18)9-20-12-4-2-1-3-11(12)17-14(19)8-16-7-10-5-6-10/h1-4,10,16H,5-9H2,(H2,15,18)(H,17,19). The number of anilines is 1. The minimum atomic E-state index is -0.373. The van der Waals surface area contributed by atoms with Gasteiger partial charge in [-0.3, -0.25) is 9.59 Å². The summed E-state index contributed by atoms with van der Waals surface area (Å²) in [5.41, 5.74) is 5.85. The minimum absolute atomic E-state index is 0.0715. The maximum atomic E-state index is 11.8. The van der Waals surface area contributed by atoms with Crippen molar-refractivity contribution in [3.8, 4) is 0 Å². The fourth-order valence-corrected chi connectivity index (χ4v) is 2.50. The number of primary amides is 1. The van der Waals surface area contributed by atoms with Gasteiger partial charge in [0.2, 0.25) is 11.8 Å². The monoisotopic (exact) mass is 293 g/mol. The number of para-hydroxylation sites is 1. The first-order valence-electron chi connectivity index (χ1n) is 6.66. The van der Waals surface area contributed by atoms with Crippen LogP contribution in [0.15, 0.2) is 29.2 Å². The Kier molecular flexibility index (Phi) is 5.43. The lowest BCUT2D eigenvalue weighted by Gasteiger charge is -2.10. The van der Waals surface area contributed by atoms with E-state index in [4.69, 9.17) is 5.73 Å². The fraction of sp³-hybridized carbons (Fsp3) is 0.429. The molecule has 0 aliphatic heterocycles. The summed E-state index contributed by atoms with van der Waals surface area (Å²) in [4.78, 5) is 23.5. The summed E-state index contributed by atoms with van der Waals surface area (Å²) in [6.45, 7) is 1.22. The van der Waals surface area contributed by atoms with Crippen LogP contribution >= 0.6 is 11.8 Å². The van der Waals surface area contributed by atoms with Gasteiger partial charge >= 0.3 is 0 Å². The van der Waals surface area contributed by atoms with Gasteiger partial charge in [-0.25, -0.2) is 0 Å². The molecular weight excluding hydrogens is 274 g/mol. The van der Waals surface area contributed by atoms with Gasteiger partial charge in [-0.15, -0.1) is 11.8 Å². The predicted molar refractivity (Wildman–Crippen MR) is 80.6 cm³/mol. The van der Waals surface area contributed by atoms with Crippen molar-refractivity contribution in [3.63, 3.8) is 0 Å².